The average Bonchev–Trinajstić information content (AvgIpc) is 2.93. The zero-order valence-electron chi connectivity index (χ0n) is 15.1. The summed E-state index contributed by atoms with van der Waals surface area (Å²) in [5.74, 6) is -3.65. The fraction of sp³-hybridized carbons (Fsp3) is 0.812. The number of nitrogens with two attached hydrogens (primary N) is 1. The predicted molar refractivity (Wildman–Crippen MR) is 90.3 cm³/mol. The second-order valence-electron chi connectivity index (χ2n) is 7.35. The molecule has 144 valence electrons. The van der Waals surface area contributed by atoms with Crippen LogP contribution in [0.3, 0.4) is 0 Å². The van der Waals surface area contributed by atoms with E-state index in [4.69, 9.17) is 30.3 Å². The summed E-state index contributed by atoms with van der Waals surface area (Å²) in [6.45, 7) is 9.43. The first-order chi connectivity index (χ1) is 11.5. The van der Waals surface area contributed by atoms with Crippen molar-refractivity contribution in [1.29, 1.82) is 0 Å². The Hall–Kier alpha value is -1.87. The molecule has 2 aliphatic heterocycles. The number of aliphatic carboxylic acids is 2. The summed E-state index contributed by atoms with van der Waals surface area (Å²) < 4.78 is 5.41. The van der Waals surface area contributed by atoms with E-state index in [1.165, 1.54) is 0 Å². The highest BCUT2D eigenvalue weighted by molar-refractivity contribution is 6.27. The van der Waals surface area contributed by atoms with E-state index in [9.17, 15) is 4.79 Å². The van der Waals surface area contributed by atoms with Crippen LogP contribution in [0.25, 0.3) is 0 Å². The zero-order valence-corrected chi connectivity index (χ0v) is 15.1. The number of likely N-dealkylation sites (tertiary alicyclic amines) is 2. The second-order valence-corrected chi connectivity index (χ2v) is 7.35. The summed E-state index contributed by atoms with van der Waals surface area (Å²) in [7, 11) is 0. The molecule has 0 aromatic carbocycles. The van der Waals surface area contributed by atoms with Crippen molar-refractivity contribution in [2.24, 2.45) is 5.73 Å². The third-order valence-electron chi connectivity index (χ3n) is 4.07. The molecule has 0 spiro atoms. The summed E-state index contributed by atoms with van der Waals surface area (Å²) in [5.41, 5.74) is 5.54. The van der Waals surface area contributed by atoms with Crippen LogP contribution >= 0.6 is 0 Å². The second kappa shape index (κ2) is 9.00. The molecule has 2 aliphatic rings. The largest absolute Gasteiger partial charge is 0.473 e. The molecule has 0 radical (unpaired) electrons. The van der Waals surface area contributed by atoms with Gasteiger partial charge in [-0.2, -0.15) is 0 Å². The van der Waals surface area contributed by atoms with Crippen LogP contribution < -0.4 is 5.73 Å². The molecular formula is C16H29N3O6. The predicted octanol–water partition coefficient (Wildman–Crippen LogP) is 0.575. The van der Waals surface area contributed by atoms with Crippen molar-refractivity contribution in [2.45, 2.75) is 57.7 Å². The molecule has 2 fully saturated rings. The molecule has 0 saturated carbocycles. The zero-order chi connectivity index (χ0) is 19.2. The Morgan fingerprint density at radius 2 is 1.52 bits per heavy atom. The van der Waals surface area contributed by atoms with Crippen molar-refractivity contribution in [3.05, 3.63) is 0 Å². The Morgan fingerprint density at radius 3 is 1.88 bits per heavy atom. The van der Waals surface area contributed by atoms with Gasteiger partial charge in [0.25, 0.3) is 0 Å². The van der Waals surface area contributed by atoms with Crippen molar-refractivity contribution in [2.75, 3.05) is 26.2 Å². The molecule has 0 aliphatic carbocycles. The number of carboxylic acids is 2. The molecule has 1 atom stereocenters. The molecule has 9 heteroatoms. The molecule has 0 aromatic rings. The molecule has 2 rings (SSSR count). The molecule has 9 nitrogen and oxygen atoms in total. The summed E-state index contributed by atoms with van der Waals surface area (Å²) in [5, 5.41) is 14.8. The van der Waals surface area contributed by atoms with Crippen molar-refractivity contribution in [1.82, 2.24) is 9.80 Å². The quantitative estimate of drug-likeness (QED) is 0.579. The van der Waals surface area contributed by atoms with Gasteiger partial charge in [0, 0.05) is 38.3 Å². The number of piperidine rings is 1. The number of nitrogens with zero attached hydrogens (tertiary/aromatic N) is 2. The third kappa shape index (κ3) is 7.70. The summed E-state index contributed by atoms with van der Waals surface area (Å²) in [6.07, 6.45) is 2.99. The maximum Gasteiger partial charge on any atom is 0.414 e. The summed E-state index contributed by atoms with van der Waals surface area (Å²) in [4.78, 5) is 34.5. The fourth-order valence-corrected chi connectivity index (χ4v) is 2.89. The maximum absolute atomic E-state index is 12.0. The highest BCUT2D eigenvalue weighted by atomic mass is 16.6. The van der Waals surface area contributed by atoms with Gasteiger partial charge in [0.05, 0.1) is 0 Å². The van der Waals surface area contributed by atoms with E-state index in [1.807, 2.05) is 25.7 Å². The smallest absolute Gasteiger partial charge is 0.414 e. The number of rotatable bonds is 1. The molecule has 2 heterocycles. The third-order valence-corrected chi connectivity index (χ3v) is 4.07. The van der Waals surface area contributed by atoms with Crippen molar-refractivity contribution in [3.63, 3.8) is 0 Å². The minimum Gasteiger partial charge on any atom is -0.473 e. The SMILES string of the molecule is CC(C)(C)OC(=O)N1CCC(N2CCC(N)C2)CC1.O=C(O)C(=O)O. The van der Waals surface area contributed by atoms with Crippen molar-refractivity contribution >= 4 is 18.0 Å². The number of carbonyl (C=O) groups is 3. The van der Waals surface area contributed by atoms with Gasteiger partial charge in [-0.15, -0.1) is 0 Å². The van der Waals surface area contributed by atoms with Crippen LogP contribution in [-0.4, -0.2) is 81.9 Å². The average molecular weight is 359 g/mol. The van der Waals surface area contributed by atoms with Gasteiger partial charge in [-0.1, -0.05) is 0 Å². The standard InChI is InChI=1S/C14H27N3O2.C2H2O4/c1-14(2,3)19-13(18)16-8-5-12(6-9-16)17-7-4-11(15)10-17;3-1(4)2(5)6/h11-12H,4-10,15H2,1-3H3;(H,3,4)(H,5,6). The normalized spacial score (nSPS) is 22.1. The van der Waals surface area contributed by atoms with Crippen LogP contribution in [0.4, 0.5) is 4.79 Å². The maximum atomic E-state index is 12.0. The lowest BCUT2D eigenvalue weighted by Gasteiger charge is -2.37. The van der Waals surface area contributed by atoms with Gasteiger partial charge in [0.2, 0.25) is 0 Å². The lowest BCUT2D eigenvalue weighted by molar-refractivity contribution is -0.159. The Morgan fingerprint density at radius 1 is 1.00 bits per heavy atom. The minimum atomic E-state index is -1.82. The van der Waals surface area contributed by atoms with Crippen LogP contribution in [0.1, 0.15) is 40.0 Å². The number of carbonyl (C=O) groups excluding carboxylic acids is 1. The van der Waals surface area contributed by atoms with Crippen LogP contribution in [-0.2, 0) is 14.3 Å². The summed E-state index contributed by atoms with van der Waals surface area (Å²) in [6, 6.07) is 0.927. The topological polar surface area (TPSA) is 133 Å². The Labute approximate surface area is 147 Å². The van der Waals surface area contributed by atoms with Gasteiger partial charge in [0.1, 0.15) is 5.60 Å². The first-order valence-electron chi connectivity index (χ1n) is 8.43. The lowest BCUT2D eigenvalue weighted by atomic mass is 10.0. The van der Waals surface area contributed by atoms with Gasteiger partial charge in [0.15, 0.2) is 0 Å². The highest BCUT2D eigenvalue weighted by Gasteiger charge is 2.31. The Kier molecular flexibility index (Phi) is 7.62. The van der Waals surface area contributed by atoms with E-state index in [1.54, 1.807) is 0 Å². The van der Waals surface area contributed by atoms with Gasteiger partial charge in [-0.05, 0) is 40.0 Å². The van der Waals surface area contributed by atoms with Gasteiger partial charge >= 0.3 is 18.0 Å². The van der Waals surface area contributed by atoms with Crippen molar-refractivity contribution < 1.29 is 29.3 Å². The van der Waals surface area contributed by atoms with E-state index in [0.717, 1.165) is 45.4 Å². The fourth-order valence-electron chi connectivity index (χ4n) is 2.89. The van der Waals surface area contributed by atoms with E-state index >= 15 is 0 Å². The molecule has 4 N–H and O–H groups in total. The molecular weight excluding hydrogens is 330 g/mol. The lowest BCUT2D eigenvalue weighted by Crippen LogP contribution is -2.47. The molecule has 1 unspecified atom stereocenters. The van der Waals surface area contributed by atoms with Gasteiger partial charge < -0.3 is 25.6 Å². The monoisotopic (exact) mass is 359 g/mol. The number of ether oxygens (including phenoxy) is 1. The Bertz CT molecular complexity index is 471. The van der Waals surface area contributed by atoms with E-state index < -0.39 is 17.5 Å². The molecule has 25 heavy (non-hydrogen) atoms. The highest BCUT2D eigenvalue weighted by Crippen LogP contribution is 2.22. The van der Waals surface area contributed by atoms with Gasteiger partial charge in [-0.3, -0.25) is 4.90 Å². The van der Waals surface area contributed by atoms with Crippen LogP contribution in [0.15, 0.2) is 0 Å². The molecule has 1 amide bonds. The first kappa shape index (κ1) is 21.2. The van der Waals surface area contributed by atoms with E-state index in [-0.39, 0.29) is 6.09 Å². The van der Waals surface area contributed by atoms with Crippen molar-refractivity contribution in [3.8, 4) is 0 Å². The van der Waals surface area contributed by atoms with Crippen LogP contribution in [0, 0.1) is 0 Å². The van der Waals surface area contributed by atoms with Crippen LogP contribution in [0.5, 0.6) is 0 Å². The number of carboxylic acid groups (broad SMARTS) is 2. The first-order valence-corrected chi connectivity index (χ1v) is 8.43. The number of amides is 1. The number of hydrogen-bond acceptors (Lipinski definition) is 6. The minimum absolute atomic E-state index is 0.177. The summed E-state index contributed by atoms with van der Waals surface area (Å²) >= 11 is 0. The van der Waals surface area contributed by atoms with Crippen LogP contribution in [0.2, 0.25) is 0 Å². The van der Waals surface area contributed by atoms with E-state index in [0.29, 0.717) is 12.1 Å². The van der Waals surface area contributed by atoms with Gasteiger partial charge in [-0.25, -0.2) is 14.4 Å². The molecule has 2 saturated heterocycles. The molecule has 0 bridgehead atoms. The Balaban J connectivity index is 0.000000450. The van der Waals surface area contributed by atoms with E-state index in [2.05, 4.69) is 4.90 Å². The number of hydrogen-bond donors (Lipinski definition) is 3. The molecule has 0 aromatic heterocycles.